The highest BCUT2D eigenvalue weighted by Crippen LogP contribution is 2.34. The molecule has 2 bridgehead atoms. The summed E-state index contributed by atoms with van der Waals surface area (Å²) < 4.78 is 0. The predicted octanol–water partition coefficient (Wildman–Crippen LogP) is 0.461. The number of nitrogens with zero attached hydrogens (tertiary/aromatic N) is 1. The second-order valence-electron chi connectivity index (χ2n) is 3.82. The van der Waals surface area contributed by atoms with Crippen LogP contribution >= 0.6 is 0 Å². The summed E-state index contributed by atoms with van der Waals surface area (Å²) in [6.45, 7) is 1.21. The summed E-state index contributed by atoms with van der Waals surface area (Å²) in [5.74, 6) is 0.791. The Balaban J connectivity index is 2.06. The third-order valence-electron chi connectivity index (χ3n) is 2.92. The van der Waals surface area contributed by atoms with Crippen molar-refractivity contribution in [1.82, 2.24) is 4.90 Å². The van der Waals surface area contributed by atoms with Gasteiger partial charge in [-0.3, -0.25) is 0 Å². The van der Waals surface area contributed by atoms with E-state index in [1.165, 1.54) is 13.0 Å². The fourth-order valence-corrected chi connectivity index (χ4v) is 2.44. The monoisotopic (exact) mass is 141 g/mol. The molecule has 2 fully saturated rings. The maximum Gasteiger partial charge on any atom is 0.0558 e. The van der Waals surface area contributed by atoms with Gasteiger partial charge in [-0.05, 0) is 32.2 Å². The van der Waals surface area contributed by atoms with E-state index < -0.39 is 0 Å². The summed E-state index contributed by atoms with van der Waals surface area (Å²) in [6.07, 6.45) is 3.37. The van der Waals surface area contributed by atoms with Crippen LogP contribution in [0.25, 0.3) is 0 Å². The highest BCUT2D eigenvalue weighted by molar-refractivity contribution is 4.90. The van der Waals surface area contributed by atoms with Crippen LogP contribution in [-0.4, -0.2) is 35.7 Å². The molecule has 58 valence electrons. The molecular weight excluding hydrogens is 126 g/mol. The number of hydrogen-bond donors (Lipinski definition) is 1. The maximum atomic E-state index is 9.38. The summed E-state index contributed by atoms with van der Waals surface area (Å²) in [5, 5.41) is 9.38. The minimum atomic E-state index is -0.00583. The van der Waals surface area contributed by atoms with Crippen LogP contribution in [0.4, 0.5) is 0 Å². The standard InChI is InChI=1S/C8H15NO/c1-9-5-6-2-7(9)4-8(10)3-6/h6-8,10H,2-5H2,1H3/t6-,7+,8-/m0/s1. The van der Waals surface area contributed by atoms with Crippen LogP contribution in [-0.2, 0) is 0 Å². The van der Waals surface area contributed by atoms with E-state index in [0.717, 1.165) is 18.8 Å². The molecule has 1 aliphatic heterocycles. The van der Waals surface area contributed by atoms with Gasteiger partial charge in [-0.1, -0.05) is 0 Å². The van der Waals surface area contributed by atoms with Crippen molar-refractivity contribution in [1.29, 1.82) is 0 Å². The topological polar surface area (TPSA) is 23.5 Å². The van der Waals surface area contributed by atoms with Crippen molar-refractivity contribution in [2.24, 2.45) is 5.92 Å². The normalized spacial score (nSPS) is 48.0. The van der Waals surface area contributed by atoms with Crippen LogP contribution in [0.3, 0.4) is 0 Å². The van der Waals surface area contributed by atoms with Gasteiger partial charge in [0.25, 0.3) is 0 Å². The van der Waals surface area contributed by atoms with Gasteiger partial charge in [0.2, 0.25) is 0 Å². The van der Waals surface area contributed by atoms with E-state index in [1.54, 1.807) is 0 Å². The molecule has 2 aliphatic rings. The molecule has 0 aromatic carbocycles. The Hall–Kier alpha value is -0.0800. The lowest BCUT2D eigenvalue weighted by Gasteiger charge is -2.24. The maximum absolute atomic E-state index is 9.38. The van der Waals surface area contributed by atoms with Gasteiger partial charge in [0.1, 0.15) is 0 Å². The fourth-order valence-electron chi connectivity index (χ4n) is 2.44. The molecule has 2 heteroatoms. The third-order valence-corrected chi connectivity index (χ3v) is 2.92. The molecule has 0 spiro atoms. The van der Waals surface area contributed by atoms with E-state index in [4.69, 9.17) is 0 Å². The summed E-state index contributed by atoms with van der Waals surface area (Å²) in [6, 6.07) is 0.689. The summed E-state index contributed by atoms with van der Waals surface area (Å²) >= 11 is 0. The highest BCUT2D eigenvalue weighted by atomic mass is 16.3. The number of hydrogen-bond acceptors (Lipinski definition) is 2. The fraction of sp³-hybridized carbons (Fsp3) is 1.00. The van der Waals surface area contributed by atoms with E-state index in [0.29, 0.717) is 6.04 Å². The largest absolute Gasteiger partial charge is 0.393 e. The van der Waals surface area contributed by atoms with Crippen LogP contribution in [0.5, 0.6) is 0 Å². The molecule has 0 aromatic heterocycles. The van der Waals surface area contributed by atoms with Gasteiger partial charge in [0.05, 0.1) is 6.10 Å². The molecule has 1 heterocycles. The number of aliphatic hydroxyl groups excluding tert-OH is 1. The number of aliphatic hydroxyl groups is 1. The van der Waals surface area contributed by atoms with Gasteiger partial charge < -0.3 is 10.0 Å². The van der Waals surface area contributed by atoms with Crippen LogP contribution in [0.1, 0.15) is 19.3 Å². The first-order valence-electron chi connectivity index (χ1n) is 4.14. The Labute approximate surface area is 61.8 Å². The Kier molecular flexibility index (Phi) is 1.46. The molecule has 3 atom stereocenters. The van der Waals surface area contributed by atoms with E-state index in [9.17, 15) is 5.11 Å². The van der Waals surface area contributed by atoms with Crippen LogP contribution in [0.2, 0.25) is 0 Å². The quantitative estimate of drug-likeness (QED) is 0.530. The predicted molar refractivity (Wildman–Crippen MR) is 39.8 cm³/mol. The SMILES string of the molecule is CN1C[C@@H]2C[C@H](O)C[C@H]1C2. The first kappa shape index (κ1) is 6.62. The molecular formula is C8H15NO. The molecule has 0 aromatic rings. The lowest BCUT2D eigenvalue weighted by atomic mass is 9.88. The molecule has 0 radical (unpaired) electrons. The smallest absolute Gasteiger partial charge is 0.0558 e. The Morgan fingerprint density at radius 3 is 2.80 bits per heavy atom. The lowest BCUT2D eigenvalue weighted by Crippen LogP contribution is -2.29. The van der Waals surface area contributed by atoms with Crippen molar-refractivity contribution in [3.05, 3.63) is 0 Å². The molecule has 1 saturated carbocycles. The second kappa shape index (κ2) is 2.21. The van der Waals surface area contributed by atoms with Crippen molar-refractivity contribution in [3.8, 4) is 0 Å². The van der Waals surface area contributed by atoms with E-state index in [2.05, 4.69) is 11.9 Å². The van der Waals surface area contributed by atoms with Gasteiger partial charge in [-0.25, -0.2) is 0 Å². The minimum Gasteiger partial charge on any atom is -0.393 e. The van der Waals surface area contributed by atoms with Crippen molar-refractivity contribution < 1.29 is 5.11 Å². The van der Waals surface area contributed by atoms with Gasteiger partial charge in [0, 0.05) is 12.6 Å². The summed E-state index contributed by atoms with van der Waals surface area (Å²) in [4.78, 5) is 2.39. The van der Waals surface area contributed by atoms with Crippen LogP contribution < -0.4 is 0 Å². The third kappa shape index (κ3) is 0.956. The van der Waals surface area contributed by atoms with Crippen molar-refractivity contribution in [3.63, 3.8) is 0 Å². The molecule has 1 aliphatic carbocycles. The van der Waals surface area contributed by atoms with Crippen molar-refractivity contribution in [2.75, 3.05) is 13.6 Å². The van der Waals surface area contributed by atoms with Crippen LogP contribution in [0.15, 0.2) is 0 Å². The molecule has 2 nitrogen and oxygen atoms in total. The number of likely N-dealkylation sites (tertiary alicyclic amines) is 1. The zero-order valence-electron chi connectivity index (χ0n) is 6.45. The summed E-state index contributed by atoms with van der Waals surface area (Å²) in [5.41, 5.74) is 0. The number of rotatable bonds is 0. The van der Waals surface area contributed by atoms with E-state index in [1.807, 2.05) is 0 Å². The summed E-state index contributed by atoms with van der Waals surface area (Å²) in [7, 11) is 2.17. The first-order chi connectivity index (χ1) is 4.75. The van der Waals surface area contributed by atoms with Gasteiger partial charge in [0.15, 0.2) is 0 Å². The molecule has 1 N–H and O–H groups in total. The van der Waals surface area contributed by atoms with Crippen molar-refractivity contribution in [2.45, 2.75) is 31.4 Å². The van der Waals surface area contributed by atoms with Crippen molar-refractivity contribution >= 4 is 0 Å². The Morgan fingerprint density at radius 2 is 2.10 bits per heavy atom. The molecule has 0 unspecified atom stereocenters. The second-order valence-corrected chi connectivity index (χ2v) is 3.82. The Bertz CT molecular complexity index is 132. The molecule has 10 heavy (non-hydrogen) atoms. The zero-order chi connectivity index (χ0) is 7.14. The molecule has 0 amide bonds. The first-order valence-corrected chi connectivity index (χ1v) is 4.14. The van der Waals surface area contributed by atoms with Gasteiger partial charge in [-0.15, -0.1) is 0 Å². The average molecular weight is 141 g/mol. The molecule has 2 rings (SSSR count). The van der Waals surface area contributed by atoms with Crippen LogP contribution in [0, 0.1) is 5.92 Å². The number of fused-ring (bicyclic) bond motifs is 2. The highest BCUT2D eigenvalue weighted by Gasteiger charge is 2.36. The average Bonchev–Trinajstić information content (AvgIpc) is 2.07. The molecule has 1 saturated heterocycles. The Morgan fingerprint density at radius 1 is 1.30 bits per heavy atom. The van der Waals surface area contributed by atoms with E-state index in [-0.39, 0.29) is 6.10 Å². The zero-order valence-corrected chi connectivity index (χ0v) is 6.45. The lowest BCUT2D eigenvalue weighted by molar-refractivity contribution is 0.102. The van der Waals surface area contributed by atoms with Gasteiger partial charge >= 0.3 is 0 Å². The van der Waals surface area contributed by atoms with E-state index >= 15 is 0 Å². The minimum absolute atomic E-state index is 0.00583. The van der Waals surface area contributed by atoms with Gasteiger partial charge in [-0.2, -0.15) is 0 Å².